The molecule has 4 nitrogen and oxygen atoms in total. The summed E-state index contributed by atoms with van der Waals surface area (Å²) in [5, 5.41) is 18.1. The molecule has 2 aromatic carbocycles. The molecule has 146 valence electrons. The number of carbonyl (C=O) groups is 1. The first-order valence-corrected chi connectivity index (χ1v) is 10.2. The summed E-state index contributed by atoms with van der Waals surface area (Å²) < 4.78 is 1.58. The molecule has 0 saturated heterocycles. The van der Waals surface area contributed by atoms with E-state index in [4.69, 9.17) is 10.8 Å². The predicted octanol–water partition coefficient (Wildman–Crippen LogP) is 3.66. The van der Waals surface area contributed by atoms with E-state index in [1.165, 1.54) is 6.34 Å². The number of carbonyl (C=O) groups excluding carboxylic acids is 1. The van der Waals surface area contributed by atoms with Gasteiger partial charge in [0.2, 0.25) is 0 Å². The van der Waals surface area contributed by atoms with Gasteiger partial charge in [0.25, 0.3) is 0 Å². The molecule has 1 atom stereocenters. The molecule has 1 aromatic heterocycles. The van der Waals surface area contributed by atoms with Gasteiger partial charge in [-0.3, -0.25) is 20.2 Å². The maximum atomic E-state index is 11.0. The standard InChI is InChI=1S/C24H23N3OS/c1-3-21-22(19-9-5-4-6-10-19)14-24(26)27(16-25)23(21)12-17(2)29-20-11-7-8-18(13-20)15-28/h3-17,25-26H,1-2H3/b21-3-,23-12+,25-16?,26-24?. The zero-order valence-electron chi connectivity index (χ0n) is 16.4. The van der Waals surface area contributed by atoms with Gasteiger partial charge in [0.05, 0.1) is 11.7 Å². The van der Waals surface area contributed by atoms with Crippen molar-refractivity contribution in [3.63, 3.8) is 0 Å². The number of thioether (sulfide) groups is 1. The molecule has 0 saturated carbocycles. The van der Waals surface area contributed by atoms with E-state index in [0.717, 1.165) is 32.9 Å². The van der Waals surface area contributed by atoms with Crippen LogP contribution in [0.15, 0.2) is 65.6 Å². The summed E-state index contributed by atoms with van der Waals surface area (Å²) in [6.45, 7) is 4.05. The summed E-state index contributed by atoms with van der Waals surface area (Å²) in [6, 6.07) is 19.3. The third-order valence-electron chi connectivity index (χ3n) is 4.58. The molecule has 3 rings (SSSR count). The zero-order valence-corrected chi connectivity index (χ0v) is 17.2. The molecular formula is C24H23N3OS. The number of nitrogens with one attached hydrogen (secondary N) is 2. The second-order valence-corrected chi connectivity index (χ2v) is 8.03. The lowest BCUT2D eigenvalue weighted by Crippen LogP contribution is -2.44. The Bertz CT molecular complexity index is 1210. The summed E-state index contributed by atoms with van der Waals surface area (Å²) in [5.41, 5.74) is 2.93. The van der Waals surface area contributed by atoms with Crippen molar-refractivity contribution in [2.75, 3.05) is 0 Å². The Labute approximate surface area is 174 Å². The van der Waals surface area contributed by atoms with Crippen LogP contribution in [-0.4, -0.2) is 22.4 Å². The number of rotatable bonds is 6. The molecule has 0 aliphatic rings. The number of aromatic nitrogens is 1. The van der Waals surface area contributed by atoms with Gasteiger partial charge in [-0.1, -0.05) is 48.5 Å². The lowest BCUT2D eigenvalue weighted by atomic mass is 10.0. The van der Waals surface area contributed by atoms with Gasteiger partial charge in [0, 0.05) is 20.9 Å². The Morgan fingerprint density at radius 3 is 2.48 bits per heavy atom. The van der Waals surface area contributed by atoms with Crippen molar-refractivity contribution in [1.82, 2.24) is 4.57 Å². The summed E-state index contributed by atoms with van der Waals surface area (Å²) in [7, 11) is 0. The van der Waals surface area contributed by atoms with Crippen molar-refractivity contribution < 1.29 is 4.79 Å². The zero-order chi connectivity index (χ0) is 20.8. The molecule has 0 fully saturated rings. The highest BCUT2D eigenvalue weighted by molar-refractivity contribution is 8.00. The average molecular weight is 402 g/mol. The maximum absolute atomic E-state index is 11.0. The van der Waals surface area contributed by atoms with Crippen LogP contribution in [0, 0.1) is 10.8 Å². The van der Waals surface area contributed by atoms with Crippen LogP contribution in [0.25, 0.3) is 23.3 Å². The van der Waals surface area contributed by atoms with Gasteiger partial charge < -0.3 is 0 Å². The maximum Gasteiger partial charge on any atom is 0.150 e. The highest BCUT2D eigenvalue weighted by Crippen LogP contribution is 2.24. The topological polar surface area (TPSA) is 69.7 Å². The van der Waals surface area contributed by atoms with Gasteiger partial charge in [-0.2, -0.15) is 0 Å². The van der Waals surface area contributed by atoms with E-state index < -0.39 is 0 Å². The minimum Gasteiger partial charge on any atom is -0.298 e. The highest BCUT2D eigenvalue weighted by Gasteiger charge is 2.08. The molecule has 0 bridgehead atoms. The summed E-state index contributed by atoms with van der Waals surface area (Å²) in [4.78, 5) is 12.0. The summed E-state index contributed by atoms with van der Waals surface area (Å²) in [5.74, 6) is 0. The van der Waals surface area contributed by atoms with Crippen LogP contribution in [0.1, 0.15) is 24.2 Å². The third kappa shape index (κ3) is 4.63. The van der Waals surface area contributed by atoms with Gasteiger partial charge in [-0.25, -0.2) is 0 Å². The van der Waals surface area contributed by atoms with E-state index in [2.05, 4.69) is 13.0 Å². The fraction of sp³-hybridized carbons (Fsp3) is 0.125. The molecule has 1 unspecified atom stereocenters. The largest absolute Gasteiger partial charge is 0.298 e. The molecule has 2 N–H and O–H groups in total. The number of hydrogen-bond acceptors (Lipinski definition) is 4. The van der Waals surface area contributed by atoms with Crippen molar-refractivity contribution in [1.29, 1.82) is 10.8 Å². The van der Waals surface area contributed by atoms with Crippen LogP contribution in [0.5, 0.6) is 0 Å². The first-order chi connectivity index (χ1) is 14.1. The number of nitrogens with zero attached hydrogens (tertiary/aromatic N) is 1. The Morgan fingerprint density at radius 1 is 1.07 bits per heavy atom. The van der Waals surface area contributed by atoms with Gasteiger partial charge in [0.15, 0.2) is 0 Å². The predicted molar refractivity (Wildman–Crippen MR) is 121 cm³/mol. The van der Waals surface area contributed by atoms with Crippen LogP contribution in [0.4, 0.5) is 0 Å². The normalized spacial score (nSPS) is 13.3. The van der Waals surface area contributed by atoms with Gasteiger partial charge in [-0.15, -0.1) is 11.8 Å². The lowest BCUT2D eigenvalue weighted by molar-refractivity contribution is 0.112. The van der Waals surface area contributed by atoms with E-state index in [1.54, 1.807) is 28.5 Å². The second-order valence-electron chi connectivity index (χ2n) is 6.58. The van der Waals surface area contributed by atoms with E-state index >= 15 is 0 Å². The first kappa shape index (κ1) is 20.6. The van der Waals surface area contributed by atoms with E-state index in [-0.39, 0.29) is 10.7 Å². The smallest absolute Gasteiger partial charge is 0.150 e. The minimum atomic E-state index is 0.0761. The minimum absolute atomic E-state index is 0.0761. The fourth-order valence-electron chi connectivity index (χ4n) is 3.28. The average Bonchev–Trinajstić information content (AvgIpc) is 2.74. The van der Waals surface area contributed by atoms with Crippen LogP contribution < -0.4 is 16.1 Å². The molecule has 1 heterocycles. The Morgan fingerprint density at radius 2 is 1.83 bits per heavy atom. The molecule has 0 spiro atoms. The van der Waals surface area contributed by atoms with Crippen LogP contribution >= 0.6 is 11.8 Å². The van der Waals surface area contributed by atoms with Crippen LogP contribution in [0.3, 0.4) is 0 Å². The van der Waals surface area contributed by atoms with Crippen molar-refractivity contribution in [3.05, 3.63) is 82.3 Å². The molecule has 0 aliphatic heterocycles. The van der Waals surface area contributed by atoms with Crippen molar-refractivity contribution >= 4 is 36.5 Å². The van der Waals surface area contributed by atoms with Gasteiger partial charge in [0.1, 0.15) is 11.8 Å². The lowest BCUT2D eigenvalue weighted by Gasteiger charge is -2.12. The molecule has 0 aliphatic carbocycles. The molecule has 29 heavy (non-hydrogen) atoms. The van der Waals surface area contributed by atoms with Gasteiger partial charge >= 0.3 is 0 Å². The SMILES string of the molecule is C/C=c1/c(-c2ccccc2)cc(=N)n(C=N)/c1=C/C(C)Sc1cccc(C=O)c1. The molecule has 5 heteroatoms. The highest BCUT2D eigenvalue weighted by atomic mass is 32.2. The molecule has 0 radical (unpaired) electrons. The number of pyridine rings is 1. The number of hydrogen-bond donors (Lipinski definition) is 2. The van der Waals surface area contributed by atoms with E-state index in [1.807, 2.05) is 61.5 Å². The monoisotopic (exact) mass is 401 g/mol. The second kappa shape index (κ2) is 9.34. The van der Waals surface area contributed by atoms with Gasteiger partial charge in [-0.05, 0) is 49.2 Å². The first-order valence-electron chi connectivity index (χ1n) is 9.33. The number of benzene rings is 2. The van der Waals surface area contributed by atoms with Crippen molar-refractivity contribution in [2.24, 2.45) is 0 Å². The Kier molecular flexibility index (Phi) is 6.62. The van der Waals surface area contributed by atoms with Crippen molar-refractivity contribution in [2.45, 2.75) is 24.0 Å². The summed E-state index contributed by atoms with van der Waals surface area (Å²) >= 11 is 1.64. The fourth-order valence-corrected chi connectivity index (χ4v) is 4.27. The number of aldehydes is 1. The van der Waals surface area contributed by atoms with Crippen LogP contribution in [-0.2, 0) is 0 Å². The third-order valence-corrected chi connectivity index (χ3v) is 5.61. The molecule has 3 aromatic rings. The van der Waals surface area contributed by atoms with E-state index in [9.17, 15) is 4.79 Å². The molecule has 0 amide bonds. The Hall–Kier alpha value is -3.18. The Balaban J connectivity index is 2.16. The van der Waals surface area contributed by atoms with Crippen molar-refractivity contribution in [3.8, 4) is 11.1 Å². The van der Waals surface area contributed by atoms with E-state index in [0.29, 0.717) is 5.56 Å². The quantitative estimate of drug-likeness (QED) is 0.286. The summed E-state index contributed by atoms with van der Waals surface area (Å²) in [6.07, 6.45) is 6.13. The van der Waals surface area contributed by atoms with Crippen LogP contribution in [0.2, 0.25) is 0 Å². The molecular weight excluding hydrogens is 378 g/mol.